The maximum atomic E-state index is 12.0. The van der Waals surface area contributed by atoms with Gasteiger partial charge in [-0.25, -0.2) is 4.98 Å². The highest BCUT2D eigenvalue weighted by Crippen LogP contribution is 2.12. The van der Waals surface area contributed by atoms with E-state index in [2.05, 4.69) is 10.3 Å². The molecular weight excluding hydrogens is 304 g/mol. The quantitative estimate of drug-likeness (QED) is 0.852. The Hall–Kier alpha value is -1.53. The van der Waals surface area contributed by atoms with Crippen molar-refractivity contribution in [2.45, 2.75) is 25.5 Å². The summed E-state index contributed by atoms with van der Waals surface area (Å²) in [6.07, 6.45) is 1.16. The number of carbonyl (C=O) groups excluding carboxylic acids is 1. The van der Waals surface area contributed by atoms with Gasteiger partial charge >= 0.3 is 0 Å². The molecule has 1 atom stereocenters. The van der Waals surface area contributed by atoms with Crippen molar-refractivity contribution in [1.29, 1.82) is 0 Å². The van der Waals surface area contributed by atoms with Crippen LogP contribution in [0.25, 0.3) is 0 Å². The van der Waals surface area contributed by atoms with Crippen LogP contribution in [0.5, 0.6) is 0 Å². The number of aryl methyl sites for hydroxylation is 1. The fourth-order valence-electron chi connectivity index (χ4n) is 1.77. The van der Waals surface area contributed by atoms with Gasteiger partial charge in [0.15, 0.2) is 0 Å². The van der Waals surface area contributed by atoms with Crippen molar-refractivity contribution in [3.05, 3.63) is 46.4 Å². The number of rotatable bonds is 7. The van der Waals surface area contributed by atoms with Crippen LogP contribution in [0.4, 0.5) is 5.69 Å². The van der Waals surface area contributed by atoms with Crippen LogP contribution < -0.4 is 5.32 Å². The Bertz CT molecular complexity index is 611. The van der Waals surface area contributed by atoms with E-state index < -0.39 is 10.8 Å². The van der Waals surface area contributed by atoms with Crippen LogP contribution in [-0.2, 0) is 27.8 Å². The summed E-state index contributed by atoms with van der Waals surface area (Å²) < 4.78 is 12.0. The van der Waals surface area contributed by atoms with Crippen molar-refractivity contribution in [2.75, 3.05) is 11.1 Å². The zero-order valence-electron chi connectivity index (χ0n) is 11.9. The first-order valence-electron chi connectivity index (χ1n) is 6.80. The maximum Gasteiger partial charge on any atom is 0.225 e. The molecule has 21 heavy (non-hydrogen) atoms. The van der Waals surface area contributed by atoms with Crippen molar-refractivity contribution in [3.63, 3.8) is 0 Å². The van der Waals surface area contributed by atoms with Crippen LogP contribution in [0.2, 0.25) is 0 Å². The van der Waals surface area contributed by atoms with Gasteiger partial charge in [0.25, 0.3) is 0 Å². The number of hydrogen-bond acceptors (Lipinski definition) is 4. The smallest absolute Gasteiger partial charge is 0.225 e. The third-order valence-corrected chi connectivity index (χ3v) is 5.14. The van der Waals surface area contributed by atoms with Crippen LogP contribution in [0.1, 0.15) is 24.0 Å². The van der Waals surface area contributed by atoms with Gasteiger partial charge in [0.2, 0.25) is 5.91 Å². The molecule has 0 aliphatic heterocycles. The Balaban J connectivity index is 1.74. The Morgan fingerprint density at radius 1 is 1.33 bits per heavy atom. The average molecular weight is 322 g/mol. The van der Waals surface area contributed by atoms with Gasteiger partial charge in [0.1, 0.15) is 0 Å². The van der Waals surface area contributed by atoms with E-state index in [1.165, 1.54) is 0 Å². The van der Waals surface area contributed by atoms with Crippen molar-refractivity contribution < 1.29 is 9.00 Å². The molecule has 0 fully saturated rings. The molecule has 0 bridgehead atoms. The SMILES string of the molecule is CCc1nc(CS(=O)CCC(=O)Nc2ccccc2)cs1. The maximum absolute atomic E-state index is 12.0. The normalized spacial score (nSPS) is 12.0. The van der Waals surface area contributed by atoms with E-state index in [0.717, 1.165) is 22.8 Å². The molecule has 0 aliphatic rings. The molecule has 2 aromatic rings. The first-order valence-corrected chi connectivity index (χ1v) is 9.17. The highest BCUT2D eigenvalue weighted by molar-refractivity contribution is 7.84. The molecule has 1 aromatic carbocycles. The van der Waals surface area contributed by atoms with Crippen LogP contribution in [-0.4, -0.2) is 20.9 Å². The molecule has 0 radical (unpaired) electrons. The lowest BCUT2D eigenvalue weighted by Gasteiger charge is -2.04. The minimum absolute atomic E-state index is 0.109. The van der Waals surface area contributed by atoms with Crippen LogP contribution >= 0.6 is 11.3 Å². The molecular formula is C15H18N2O2S2. The number of benzene rings is 1. The lowest BCUT2D eigenvalue weighted by atomic mass is 10.3. The number of para-hydroxylation sites is 1. The number of nitrogens with zero attached hydrogens (tertiary/aromatic N) is 1. The predicted molar refractivity (Wildman–Crippen MR) is 87.9 cm³/mol. The van der Waals surface area contributed by atoms with Gasteiger partial charge < -0.3 is 5.32 Å². The summed E-state index contributed by atoms with van der Waals surface area (Å²) in [7, 11) is -1.05. The highest BCUT2D eigenvalue weighted by Gasteiger charge is 2.09. The summed E-state index contributed by atoms with van der Waals surface area (Å²) in [6.45, 7) is 2.05. The average Bonchev–Trinajstić information content (AvgIpc) is 2.94. The van der Waals surface area contributed by atoms with E-state index in [1.807, 2.05) is 42.6 Å². The second kappa shape index (κ2) is 8.05. The van der Waals surface area contributed by atoms with Gasteiger partial charge in [-0.05, 0) is 18.6 Å². The number of nitrogens with one attached hydrogen (secondary N) is 1. The molecule has 112 valence electrons. The second-order valence-corrected chi connectivity index (χ2v) is 7.06. The fourth-order valence-corrected chi connectivity index (χ4v) is 3.65. The van der Waals surface area contributed by atoms with Gasteiger partial charge in [-0.15, -0.1) is 11.3 Å². The minimum Gasteiger partial charge on any atom is -0.326 e. The lowest BCUT2D eigenvalue weighted by molar-refractivity contribution is -0.115. The number of anilines is 1. The standard InChI is InChI=1S/C15H18N2O2S2/c1-2-15-17-13(10-20-15)11-21(19)9-8-14(18)16-12-6-4-3-5-7-12/h3-7,10H,2,8-9,11H2,1H3,(H,16,18). The van der Waals surface area contributed by atoms with E-state index in [1.54, 1.807) is 11.3 Å². The molecule has 0 saturated heterocycles. The molecule has 1 N–H and O–H groups in total. The van der Waals surface area contributed by atoms with E-state index in [0.29, 0.717) is 11.5 Å². The zero-order chi connectivity index (χ0) is 15.1. The molecule has 1 unspecified atom stereocenters. The summed E-state index contributed by atoms with van der Waals surface area (Å²) in [6, 6.07) is 9.28. The second-order valence-electron chi connectivity index (χ2n) is 4.54. The van der Waals surface area contributed by atoms with Crippen molar-refractivity contribution in [3.8, 4) is 0 Å². The summed E-state index contributed by atoms with van der Waals surface area (Å²) in [5.41, 5.74) is 1.62. The number of amides is 1. The molecule has 1 aromatic heterocycles. The summed E-state index contributed by atoms with van der Waals surface area (Å²) in [4.78, 5) is 16.1. The van der Waals surface area contributed by atoms with Gasteiger partial charge in [-0.2, -0.15) is 0 Å². The predicted octanol–water partition coefficient (Wildman–Crippen LogP) is 2.98. The van der Waals surface area contributed by atoms with Gasteiger partial charge in [0, 0.05) is 34.0 Å². The van der Waals surface area contributed by atoms with Crippen LogP contribution in [0, 0.1) is 0 Å². The third kappa shape index (κ3) is 5.40. The molecule has 0 spiro atoms. The fraction of sp³-hybridized carbons (Fsp3) is 0.333. The molecule has 4 nitrogen and oxygen atoms in total. The number of aromatic nitrogens is 1. The Kier molecular flexibility index (Phi) is 6.07. The lowest BCUT2D eigenvalue weighted by Crippen LogP contribution is -2.15. The van der Waals surface area contributed by atoms with Gasteiger partial charge in [-0.3, -0.25) is 9.00 Å². The third-order valence-electron chi connectivity index (χ3n) is 2.82. The molecule has 1 amide bonds. The van der Waals surface area contributed by atoms with E-state index >= 15 is 0 Å². The van der Waals surface area contributed by atoms with Crippen molar-refractivity contribution >= 4 is 33.7 Å². The topological polar surface area (TPSA) is 59.1 Å². The van der Waals surface area contributed by atoms with E-state index in [9.17, 15) is 9.00 Å². The molecule has 2 rings (SSSR count). The minimum atomic E-state index is -1.05. The first-order chi connectivity index (χ1) is 10.2. The summed E-state index contributed by atoms with van der Waals surface area (Å²) >= 11 is 1.59. The summed E-state index contributed by atoms with van der Waals surface area (Å²) in [5, 5.41) is 5.79. The summed E-state index contributed by atoms with van der Waals surface area (Å²) in [5.74, 6) is 0.675. The molecule has 0 saturated carbocycles. The monoisotopic (exact) mass is 322 g/mol. The van der Waals surface area contributed by atoms with E-state index in [4.69, 9.17) is 0 Å². The highest BCUT2D eigenvalue weighted by atomic mass is 32.2. The molecule has 1 heterocycles. The van der Waals surface area contributed by atoms with Crippen molar-refractivity contribution in [1.82, 2.24) is 4.98 Å². The van der Waals surface area contributed by atoms with Gasteiger partial charge in [0.05, 0.1) is 16.5 Å². The molecule has 6 heteroatoms. The van der Waals surface area contributed by atoms with Gasteiger partial charge in [-0.1, -0.05) is 25.1 Å². The largest absolute Gasteiger partial charge is 0.326 e. The first kappa shape index (κ1) is 15.9. The Morgan fingerprint density at radius 2 is 2.10 bits per heavy atom. The number of carbonyl (C=O) groups is 1. The van der Waals surface area contributed by atoms with Crippen LogP contribution in [0.15, 0.2) is 35.7 Å². The number of thiazole rings is 1. The zero-order valence-corrected chi connectivity index (χ0v) is 13.5. The van der Waals surface area contributed by atoms with Crippen LogP contribution in [0.3, 0.4) is 0 Å². The molecule has 0 aliphatic carbocycles. The van der Waals surface area contributed by atoms with E-state index in [-0.39, 0.29) is 12.3 Å². The number of hydrogen-bond donors (Lipinski definition) is 1. The van der Waals surface area contributed by atoms with Crippen molar-refractivity contribution in [2.24, 2.45) is 0 Å². The Labute approximate surface area is 131 Å². The Morgan fingerprint density at radius 3 is 2.76 bits per heavy atom.